The predicted molar refractivity (Wildman–Crippen MR) is 88.7 cm³/mol. The van der Waals surface area contributed by atoms with E-state index in [-0.39, 0.29) is 5.91 Å². The van der Waals surface area contributed by atoms with Crippen LogP contribution in [0.1, 0.15) is 36.0 Å². The highest BCUT2D eigenvalue weighted by molar-refractivity contribution is 14.1. The Kier molecular flexibility index (Phi) is 4.08. The number of hydrogen-bond donors (Lipinski definition) is 0. The van der Waals surface area contributed by atoms with Crippen molar-refractivity contribution in [3.8, 4) is 0 Å². The fourth-order valence-electron chi connectivity index (χ4n) is 3.42. The Morgan fingerprint density at radius 2 is 2.00 bits per heavy atom. The van der Waals surface area contributed by atoms with Gasteiger partial charge in [-0.15, -0.1) is 0 Å². The van der Waals surface area contributed by atoms with Gasteiger partial charge < -0.3 is 4.90 Å². The third-order valence-corrected chi connectivity index (χ3v) is 6.05. The van der Waals surface area contributed by atoms with Crippen molar-refractivity contribution in [2.45, 2.75) is 43.0 Å². The van der Waals surface area contributed by atoms with Gasteiger partial charge in [-0.25, -0.2) is 0 Å². The molecule has 1 amide bonds. The minimum atomic E-state index is 0.241. The molecule has 3 rings (SSSR count). The van der Waals surface area contributed by atoms with Crippen LogP contribution < -0.4 is 0 Å². The molecule has 2 saturated heterocycles. The van der Waals surface area contributed by atoms with Crippen LogP contribution in [0.4, 0.5) is 0 Å². The first-order valence-corrected chi connectivity index (χ1v) is 9.16. The minimum absolute atomic E-state index is 0.241. The largest absolute Gasteiger partial charge is 0.333 e. The molecule has 2 nitrogen and oxygen atoms in total. The lowest BCUT2D eigenvalue weighted by Crippen LogP contribution is -2.47. The summed E-state index contributed by atoms with van der Waals surface area (Å²) in [6.07, 6.45) is 6.93. The molecule has 2 atom stereocenters. The number of halogens is 1. The Morgan fingerprint density at radius 3 is 2.58 bits per heavy atom. The van der Waals surface area contributed by atoms with Gasteiger partial charge in [0, 0.05) is 26.5 Å². The third-order valence-electron chi connectivity index (χ3n) is 4.33. The number of carbonyl (C=O) groups is 1. The van der Waals surface area contributed by atoms with Crippen LogP contribution in [0.3, 0.4) is 0 Å². The summed E-state index contributed by atoms with van der Waals surface area (Å²) in [5, 5.41) is 0.748. The van der Waals surface area contributed by atoms with E-state index in [0.29, 0.717) is 12.1 Å². The zero-order chi connectivity index (χ0) is 13.4. The second kappa shape index (κ2) is 5.64. The molecule has 0 spiro atoms. The van der Waals surface area contributed by atoms with Crippen LogP contribution in [0.2, 0.25) is 0 Å². The Labute approximate surface area is 132 Å². The van der Waals surface area contributed by atoms with Gasteiger partial charge in [0.05, 0.1) is 0 Å². The molecule has 2 bridgehead atoms. The van der Waals surface area contributed by atoms with Gasteiger partial charge in [0.15, 0.2) is 0 Å². The Bertz CT molecular complexity index is 479. The zero-order valence-electron chi connectivity index (χ0n) is 11.0. The van der Waals surface area contributed by atoms with Crippen molar-refractivity contribution >= 4 is 40.3 Å². The highest BCUT2D eigenvalue weighted by Gasteiger charge is 2.43. The molecule has 0 N–H and O–H groups in total. The van der Waals surface area contributed by atoms with Crippen molar-refractivity contribution < 1.29 is 4.79 Å². The van der Waals surface area contributed by atoms with Gasteiger partial charge in [0.25, 0.3) is 5.91 Å². The summed E-state index contributed by atoms with van der Waals surface area (Å²) in [4.78, 5) is 14.9. The van der Waals surface area contributed by atoms with Crippen LogP contribution in [0.15, 0.2) is 24.3 Å². The van der Waals surface area contributed by atoms with E-state index in [1.165, 1.54) is 25.7 Å². The first-order valence-electron chi connectivity index (χ1n) is 6.80. The van der Waals surface area contributed by atoms with E-state index in [9.17, 15) is 4.79 Å². The summed E-state index contributed by atoms with van der Waals surface area (Å²) in [7, 11) is 0. The van der Waals surface area contributed by atoms with E-state index < -0.39 is 0 Å². The first-order chi connectivity index (χ1) is 9.19. The van der Waals surface area contributed by atoms with Gasteiger partial charge >= 0.3 is 0 Å². The quantitative estimate of drug-likeness (QED) is 0.720. The van der Waals surface area contributed by atoms with Gasteiger partial charge in [-0.1, -0.05) is 6.07 Å². The maximum absolute atomic E-state index is 12.7. The Morgan fingerprint density at radius 1 is 1.32 bits per heavy atom. The highest BCUT2D eigenvalue weighted by Crippen LogP contribution is 2.40. The molecule has 4 heteroatoms. The molecule has 0 saturated carbocycles. The summed E-state index contributed by atoms with van der Waals surface area (Å²) < 4.78 is 1.13. The van der Waals surface area contributed by atoms with Gasteiger partial charge in [-0.2, -0.15) is 11.8 Å². The van der Waals surface area contributed by atoms with Crippen LogP contribution in [0.5, 0.6) is 0 Å². The normalized spacial score (nSPS) is 29.6. The summed E-state index contributed by atoms with van der Waals surface area (Å²) in [6, 6.07) is 8.91. The van der Waals surface area contributed by atoms with Crippen molar-refractivity contribution in [2.75, 3.05) is 6.26 Å². The van der Waals surface area contributed by atoms with Crippen molar-refractivity contribution in [1.29, 1.82) is 0 Å². The average Bonchev–Trinajstić information content (AvgIpc) is 2.68. The van der Waals surface area contributed by atoms with E-state index in [1.807, 2.05) is 36.0 Å². The molecular weight excluding hydrogens is 369 g/mol. The lowest BCUT2D eigenvalue weighted by Gasteiger charge is -2.38. The number of nitrogens with zero attached hydrogens (tertiary/aromatic N) is 1. The number of benzene rings is 1. The topological polar surface area (TPSA) is 20.3 Å². The van der Waals surface area contributed by atoms with Crippen LogP contribution in [0, 0.1) is 3.57 Å². The number of rotatable bonds is 2. The van der Waals surface area contributed by atoms with E-state index in [2.05, 4.69) is 33.7 Å². The molecule has 1 aromatic rings. The predicted octanol–water partition coefficient (Wildman–Crippen LogP) is 3.79. The molecule has 1 aromatic carbocycles. The highest BCUT2D eigenvalue weighted by atomic mass is 127. The monoisotopic (exact) mass is 387 g/mol. The number of hydrogen-bond acceptors (Lipinski definition) is 2. The van der Waals surface area contributed by atoms with Crippen molar-refractivity contribution in [1.82, 2.24) is 4.90 Å². The molecule has 2 aliphatic rings. The molecule has 102 valence electrons. The van der Waals surface area contributed by atoms with Gasteiger partial charge in [-0.05, 0) is 72.7 Å². The van der Waals surface area contributed by atoms with Crippen LogP contribution in [-0.2, 0) is 0 Å². The molecule has 2 fully saturated rings. The molecule has 2 heterocycles. The second-order valence-corrected chi connectivity index (χ2v) is 7.82. The van der Waals surface area contributed by atoms with E-state index in [4.69, 9.17) is 0 Å². The SMILES string of the molecule is CSC1CC2CCC(C1)N2C(=O)c1cccc(I)c1. The summed E-state index contributed by atoms with van der Waals surface area (Å²) in [5.74, 6) is 0.241. The number of piperidine rings is 1. The number of amides is 1. The van der Waals surface area contributed by atoms with Crippen LogP contribution >= 0.6 is 34.4 Å². The second-order valence-electron chi connectivity index (χ2n) is 5.44. The minimum Gasteiger partial charge on any atom is -0.333 e. The third kappa shape index (κ3) is 2.66. The molecule has 0 radical (unpaired) electrons. The lowest BCUT2D eigenvalue weighted by molar-refractivity contribution is 0.0601. The fraction of sp³-hybridized carbons (Fsp3) is 0.533. The molecule has 19 heavy (non-hydrogen) atoms. The summed E-state index contributed by atoms with van der Waals surface area (Å²) in [6.45, 7) is 0. The lowest BCUT2D eigenvalue weighted by atomic mass is 10.0. The van der Waals surface area contributed by atoms with Gasteiger partial charge in [0.1, 0.15) is 0 Å². The Hall–Kier alpha value is -0.230. The number of thioether (sulfide) groups is 1. The van der Waals surface area contributed by atoms with Crippen LogP contribution in [-0.4, -0.2) is 34.4 Å². The molecule has 2 unspecified atom stereocenters. The number of carbonyl (C=O) groups excluding carboxylic acids is 1. The zero-order valence-corrected chi connectivity index (χ0v) is 14.0. The molecule has 2 aliphatic heterocycles. The molecule has 0 aromatic heterocycles. The average molecular weight is 387 g/mol. The fourth-order valence-corrected chi connectivity index (χ4v) is 4.79. The smallest absolute Gasteiger partial charge is 0.254 e. The van der Waals surface area contributed by atoms with Crippen LogP contribution in [0.25, 0.3) is 0 Å². The van der Waals surface area contributed by atoms with E-state index in [0.717, 1.165) is 14.4 Å². The first kappa shape index (κ1) is 13.7. The van der Waals surface area contributed by atoms with E-state index in [1.54, 1.807) is 0 Å². The summed E-state index contributed by atoms with van der Waals surface area (Å²) >= 11 is 4.24. The van der Waals surface area contributed by atoms with Gasteiger partial charge in [-0.3, -0.25) is 4.79 Å². The molecule has 0 aliphatic carbocycles. The van der Waals surface area contributed by atoms with Crippen molar-refractivity contribution in [2.24, 2.45) is 0 Å². The van der Waals surface area contributed by atoms with Crippen molar-refractivity contribution in [3.63, 3.8) is 0 Å². The molecular formula is C15H18INOS. The maximum atomic E-state index is 12.7. The maximum Gasteiger partial charge on any atom is 0.254 e. The standard InChI is InChI=1S/C15H18INOS/c1-19-14-8-12-5-6-13(9-14)17(12)15(18)10-3-2-4-11(16)7-10/h2-4,7,12-14H,5-6,8-9H2,1H3. The van der Waals surface area contributed by atoms with E-state index >= 15 is 0 Å². The van der Waals surface area contributed by atoms with Gasteiger partial charge in [0.2, 0.25) is 0 Å². The summed E-state index contributed by atoms with van der Waals surface area (Å²) in [5.41, 5.74) is 0.853. The Balaban J connectivity index is 1.82. The number of fused-ring (bicyclic) bond motifs is 2. The van der Waals surface area contributed by atoms with Crippen molar-refractivity contribution in [3.05, 3.63) is 33.4 Å².